The summed E-state index contributed by atoms with van der Waals surface area (Å²) >= 11 is 0. The number of H-pyrrole nitrogens is 1. The Labute approximate surface area is 150 Å². The molecule has 134 valence electrons. The first kappa shape index (κ1) is 17.7. The third-order valence-electron chi connectivity index (χ3n) is 4.01. The summed E-state index contributed by atoms with van der Waals surface area (Å²) in [5, 5.41) is 6.44. The fourth-order valence-corrected chi connectivity index (χ4v) is 2.73. The molecule has 5 nitrogen and oxygen atoms in total. The number of hydrogen-bond acceptors (Lipinski definition) is 2. The lowest BCUT2D eigenvalue weighted by Gasteiger charge is -2.06. The van der Waals surface area contributed by atoms with Crippen LogP contribution in [0.15, 0.2) is 48.5 Å². The van der Waals surface area contributed by atoms with E-state index in [0.29, 0.717) is 24.3 Å². The first-order valence-electron chi connectivity index (χ1n) is 8.40. The maximum Gasteiger partial charge on any atom is 0.267 e. The molecule has 3 rings (SSSR count). The van der Waals surface area contributed by atoms with Crippen LogP contribution in [0.4, 0.5) is 4.39 Å². The van der Waals surface area contributed by atoms with Gasteiger partial charge in [0.25, 0.3) is 5.91 Å². The summed E-state index contributed by atoms with van der Waals surface area (Å²) in [4.78, 5) is 27.1. The van der Waals surface area contributed by atoms with Crippen molar-refractivity contribution in [2.24, 2.45) is 0 Å². The summed E-state index contributed by atoms with van der Waals surface area (Å²) in [6, 6.07) is 13.7. The molecule has 0 bridgehead atoms. The molecule has 0 aliphatic heterocycles. The van der Waals surface area contributed by atoms with Gasteiger partial charge in [0.05, 0.1) is 6.42 Å². The number of rotatable bonds is 6. The first-order chi connectivity index (χ1) is 12.5. The number of halogens is 1. The minimum Gasteiger partial charge on any atom is -0.354 e. The number of nitrogens with one attached hydrogen (secondary N) is 3. The Morgan fingerprint density at radius 2 is 1.85 bits per heavy atom. The van der Waals surface area contributed by atoms with Crippen LogP contribution in [0.25, 0.3) is 10.9 Å². The van der Waals surface area contributed by atoms with Crippen LogP contribution in [0.5, 0.6) is 0 Å². The summed E-state index contributed by atoms with van der Waals surface area (Å²) in [6.45, 7) is 2.61. The molecule has 0 unspecified atom stereocenters. The van der Waals surface area contributed by atoms with Crippen molar-refractivity contribution >= 4 is 22.7 Å². The summed E-state index contributed by atoms with van der Waals surface area (Å²) in [5.74, 6) is -0.805. The van der Waals surface area contributed by atoms with Crippen molar-refractivity contribution in [2.75, 3.05) is 13.1 Å². The fourth-order valence-electron chi connectivity index (χ4n) is 2.73. The van der Waals surface area contributed by atoms with E-state index in [1.54, 1.807) is 18.2 Å². The Morgan fingerprint density at radius 3 is 2.65 bits per heavy atom. The van der Waals surface area contributed by atoms with Crippen LogP contribution in [0.3, 0.4) is 0 Å². The molecule has 3 aromatic rings. The van der Waals surface area contributed by atoms with Gasteiger partial charge in [0.15, 0.2) is 0 Å². The molecule has 6 heteroatoms. The predicted molar refractivity (Wildman–Crippen MR) is 98.5 cm³/mol. The molecule has 0 atom stereocenters. The van der Waals surface area contributed by atoms with E-state index in [9.17, 15) is 14.0 Å². The summed E-state index contributed by atoms with van der Waals surface area (Å²) < 4.78 is 13.1. The van der Waals surface area contributed by atoms with Gasteiger partial charge in [-0.3, -0.25) is 9.59 Å². The average molecular weight is 353 g/mol. The fraction of sp³-hybridized carbons (Fsp3) is 0.200. The SMILES string of the molecule is Cc1ccc2cc(C(=O)NCCNC(=O)Cc3cccc(F)c3)[nH]c2c1. The zero-order chi connectivity index (χ0) is 18.5. The molecule has 2 aromatic carbocycles. The minimum absolute atomic E-state index is 0.104. The highest BCUT2D eigenvalue weighted by Crippen LogP contribution is 2.16. The minimum atomic E-state index is -0.365. The standard InChI is InChI=1S/C20H20FN3O2/c1-13-5-6-15-12-18(24-17(15)9-13)20(26)23-8-7-22-19(25)11-14-3-2-4-16(21)10-14/h2-6,9-10,12,24H,7-8,11H2,1H3,(H,22,25)(H,23,26). The van der Waals surface area contributed by atoms with E-state index in [-0.39, 0.29) is 24.1 Å². The molecule has 0 aliphatic rings. The van der Waals surface area contributed by atoms with Gasteiger partial charge in [-0.1, -0.05) is 24.3 Å². The van der Waals surface area contributed by atoms with Gasteiger partial charge in [-0.25, -0.2) is 4.39 Å². The van der Waals surface area contributed by atoms with Crippen LogP contribution >= 0.6 is 0 Å². The topological polar surface area (TPSA) is 74.0 Å². The molecule has 3 N–H and O–H groups in total. The van der Waals surface area contributed by atoms with Crippen LogP contribution in [-0.4, -0.2) is 29.9 Å². The van der Waals surface area contributed by atoms with E-state index in [4.69, 9.17) is 0 Å². The Bertz CT molecular complexity index is 949. The van der Waals surface area contributed by atoms with E-state index in [2.05, 4.69) is 15.6 Å². The Kier molecular flexibility index (Phi) is 5.31. The third kappa shape index (κ3) is 4.47. The summed E-state index contributed by atoms with van der Waals surface area (Å²) in [6.07, 6.45) is 0.104. The lowest BCUT2D eigenvalue weighted by Crippen LogP contribution is -2.35. The smallest absolute Gasteiger partial charge is 0.267 e. The van der Waals surface area contributed by atoms with Crippen molar-refractivity contribution in [2.45, 2.75) is 13.3 Å². The van der Waals surface area contributed by atoms with E-state index < -0.39 is 0 Å². The number of aryl methyl sites for hydroxylation is 1. The van der Waals surface area contributed by atoms with Crippen molar-refractivity contribution < 1.29 is 14.0 Å². The number of aromatic nitrogens is 1. The molecule has 0 radical (unpaired) electrons. The van der Waals surface area contributed by atoms with Crippen LogP contribution < -0.4 is 10.6 Å². The van der Waals surface area contributed by atoms with Crippen LogP contribution in [0, 0.1) is 12.7 Å². The van der Waals surface area contributed by atoms with Crippen molar-refractivity contribution in [1.29, 1.82) is 0 Å². The second-order valence-electron chi connectivity index (χ2n) is 6.19. The predicted octanol–water partition coefficient (Wildman–Crippen LogP) is 2.70. The van der Waals surface area contributed by atoms with Crippen LogP contribution in [0.2, 0.25) is 0 Å². The van der Waals surface area contributed by atoms with Gasteiger partial charge in [0, 0.05) is 24.0 Å². The number of carbonyl (C=O) groups is 2. The first-order valence-corrected chi connectivity index (χ1v) is 8.40. The largest absolute Gasteiger partial charge is 0.354 e. The lowest BCUT2D eigenvalue weighted by molar-refractivity contribution is -0.120. The number of aromatic amines is 1. The Hall–Kier alpha value is -3.15. The lowest BCUT2D eigenvalue weighted by atomic mass is 10.1. The molecule has 0 saturated carbocycles. The van der Waals surface area contributed by atoms with Gasteiger partial charge in [-0.15, -0.1) is 0 Å². The van der Waals surface area contributed by atoms with E-state index in [1.807, 2.05) is 25.1 Å². The van der Waals surface area contributed by atoms with Crippen LogP contribution in [0.1, 0.15) is 21.6 Å². The quantitative estimate of drug-likeness (QED) is 0.596. The van der Waals surface area contributed by atoms with E-state index >= 15 is 0 Å². The van der Waals surface area contributed by atoms with E-state index in [1.165, 1.54) is 12.1 Å². The van der Waals surface area contributed by atoms with Crippen LogP contribution in [-0.2, 0) is 11.2 Å². The Balaban J connectivity index is 1.45. The van der Waals surface area contributed by atoms with Gasteiger partial charge in [0.1, 0.15) is 11.5 Å². The van der Waals surface area contributed by atoms with Gasteiger partial charge in [-0.05, 0) is 42.3 Å². The third-order valence-corrected chi connectivity index (χ3v) is 4.01. The zero-order valence-electron chi connectivity index (χ0n) is 14.4. The number of carbonyl (C=O) groups excluding carboxylic acids is 2. The monoisotopic (exact) mass is 353 g/mol. The maximum absolute atomic E-state index is 13.1. The van der Waals surface area contributed by atoms with Gasteiger partial charge < -0.3 is 15.6 Å². The molecule has 2 amide bonds. The van der Waals surface area contributed by atoms with Crippen molar-refractivity contribution in [1.82, 2.24) is 15.6 Å². The normalized spacial score (nSPS) is 10.7. The zero-order valence-corrected chi connectivity index (χ0v) is 14.4. The number of benzene rings is 2. The Morgan fingerprint density at radius 1 is 1.04 bits per heavy atom. The number of hydrogen-bond donors (Lipinski definition) is 3. The van der Waals surface area contributed by atoms with Gasteiger partial charge in [0.2, 0.25) is 5.91 Å². The summed E-state index contributed by atoms with van der Waals surface area (Å²) in [7, 11) is 0. The molecular weight excluding hydrogens is 333 g/mol. The molecule has 0 aliphatic carbocycles. The molecule has 1 heterocycles. The number of fused-ring (bicyclic) bond motifs is 1. The number of amides is 2. The summed E-state index contributed by atoms with van der Waals surface area (Å²) in [5.41, 5.74) is 3.13. The second kappa shape index (κ2) is 7.82. The highest BCUT2D eigenvalue weighted by molar-refractivity contribution is 5.98. The molecule has 26 heavy (non-hydrogen) atoms. The van der Waals surface area contributed by atoms with Gasteiger partial charge >= 0.3 is 0 Å². The molecule has 0 saturated heterocycles. The average Bonchev–Trinajstić information content (AvgIpc) is 3.01. The van der Waals surface area contributed by atoms with Gasteiger partial charge in [-0.2, -0.15) is 0 Å². The van der Waals surface area contributed by atoms with Crippen molar-refractivity contribution in [3.05, 3.63) is 71.2 Å². The van der Waals surface area contributed by atoms with Crippen molar-refractivity contribution in [3.63, 3.8) is 0 Å². The highest BCUT2D eigenvalue weighted by Gasteiger charge is 2.09. The maximum atomic E-state index is 13.1. The second-order valence-corrected chi connectivity index (χ2v) is 6.19. The molecule has 1 aromatic heterocycles. The van der Waals surface area contributed by atoms with Crippen molar-refractivity contribution in [3.8, 4) is 0 Å². The van der Waals surface area contributed by atoms with E-state index in [0.717, 1.165) is 16.5 Å². The molecule has 0 spiro atoms. The highest BCUT2D eigenvalue weighted by atomic mass is 19.1. The molecular formula is C20H20FN3O2. The molecule has 0 fully saturated rings.